The second kappa shape index (κ2) is 11.7. The third-order valence-electron chi connectivity index (χ3n) is 5.74. The predicted molar refractivity (Wildman–Crippen MR) is 131 cm³/mol. The lowest BCUT2D eigenvalue weighted by Crippen LogP contribution is -2.29. The maximum atomic E-state index is 13.7. The first-order chi connectivity index (χ1) is 17.0. The minimum Gasteiger partial charge on any atom is -0.493 e. The summed E-state index contributed by atoms with van der Waals surface area (Å²) in [4.78, 5) is 24.0. The van der Waals surface area contributed by atoms with Crippen molar-refractivity contribution >= 4 is 11.9 Å². The van der Waals surface area contributed by atoms with Gasteiger partial charge in [-0.25, -0.2) is 0 Å². The van der Waals surface area contributed by atoms with E-state index in [-0.39, 0.29) is 24.8 Å². The van der Waals surface area contributed by atoms with Gasteiger partial charge in [0.2, 0.25) is 0 Å². The van der Waals surface area contributed by atoms with Crippen molar-refractivity contribution in [1.29, 1.82) is 0 Å². The number of carbonyl (C=O) groups is 2. The molecule has 0 atom stereocenters. The van der Waals surface area contributed by atoms with E-state index in [0.29, 0.717) is 35.5 Å². The number of carboxylic acid groups (broad SMARTS) is 1. The summed E-state index contributed by atoms with van der Waals surface area (Å²) in [7, 11) is 0. The second-order valence-corrected chi connectivity index (χ2v) is 8.55. The normalized spacial score (nSPS) is 13.8. The molecule has 1 amide bonds. The Bertz CT molecular complexity index is 1190. The highest BCUT2D eigenvalue weighted by Gasteiger charge is 2.37. The van der Waals surface area contributed by atoms with Gasteiger partial charge in [0.15, 0.2) is 0 Å². The van der Waals surface area contributed by atoms with E-state index in [4.69, 9.17) is 9.84 Å². The summed E-state index contributed by atoms with van der Waals surface area (Å²) in [6.07, 6.45) is -0.439. The number of carbonyl (C=O) groups excluding carboxylic acids is 1. The van der Waals surface area contributed by atoms with Gasteiger partial charge < -0.3 is 15.2 Å². The predicted octanol–water partition coefficient (Wildman–Crippen LogP) is 6.22. The van der Waals surface area contributed by atoms with Crippen LogP contribution in [-0.2, 0) is 11.2 Å². The van der Waals surface area contributed by atoms with Crippen LogP contribution in [-0.4, -0.2) is 29.8 Å². The van der Waals surface area contributed by atoms with Crippen molar-refractivity contribution in [3.05, 3.63) is 99.8 Å². The molecule has 0 saturated carbocycles. The second-order valence-electron chi connectivity index (χ2n) is 8.55. The van der Waals surface area contributed by atoms with Crippen LogP contribution in [0.15, 0.2) is 77.5 Å². The van der Waals surface area contributed by atoms with Crippen molar-refractivity contribution in [3.8, 4) is 5.75 Å². The van der Waals surface area contributed by atoms with Gasteiger partial charge in [-0.2, -0.15) is 13.2 Å². The van der Waals surface area contributed by atoms with Gasteiger partial charge in [-0.3, -0.25) is 9.59 Å². The number of hydrogen-bond acceptors (Lipinski definition) is 3. The molecular formula is C28H28F3NO4. The maximum absolute atomic E-state index is 13.7. The van der Waals surface area contributed by atoms with Crippen LogP contribution in [0.4, 0.5) is 13.2 Å². The maximum Gasteiger partial charge on any atom is 0.418 e. The van der Waals surface area contributed by atoms with Gasteiger partial charge in [0.05, 0.1) is 17.9 Å². The molecule has 0 spiro atoms. The molecule has 0 radical (unpaired) electrons. The largest absolute Gasteiger partial charge is 0.493 e. The number of alkyl halides is 3. The van der Waals surface area contributed by atoms with Crippen LogP contribution in [0.25, 0.3) is 0 Å². The Hall–Kier alpha value is -3.81. The average Bonchev–Trinajstić information content (AvgIpc) is 3.00. The summed E-state index contributed by atoms with van der Waals surface area (Å²) in [5.74, 6) is -1.16. The molecule has 36 heavy (non-hydrogen) atoms. The number of allylic oxidation sites excluding steroid dienone is 5. The summed E-state index contributed by atoms with van der Waals surface area (Å²) < 4.78 is 47.0. The lowest BCUT2D eigenvalue weighted by atomic mass is 10.0. The molecule has 3 rings (SSSR count). The van der Waals surface area contributed by atoms with E-state index in [1.807, 2.05) is 30.3 Å². The molecule has 0 saturated heterocycles. The Morgan fingerprint density at radius 2 is 1.69 bits per heavy atom. The van der Waals surface area contributed by atoms with Gasteiger partial charge in [-0.1, -0.05) is 42.5 Å². The van der Waals surface area contributed by atoms with Crippen molar-refractivity contribution in [1.82, 2.24) is 5.32 Å². The molecule has 0 unspecified atom stereocenters. The first-order valence-electron chi connectivity index (χ1n) is 11.5. The summed E-state index contributed by atoms with van der Waals surface area (Å²) >= 11 is 0. The number of aliphatic carboxylic acids is 1. The summed E-state index contributed by atoms with van der Waals surface area (Å²) in [6, 6.07) is 13.2. The number of aryl methyl sites for hydroxylation is 2. The Morgan fingerprint density at radius 1 is 1.03 bits per heavy atom. The molecule has 190 valence electrons. The van der Waals surface area contributed by atoms with E-state index in [2.05, 4.69) is 5.32 Å². The lowest BCUT2D eigenvalue weighted by molar-refractivity contribution is -0.136. The smallest absolute Gasteiger partial charge is 0.418 e. The van der Waals surface area contributed by atoms with Gasteiger partial charge in [-0.15, -0.1) is 0 Å². The molecule has 1 aliphatic carbocycles. The highest BCUT2D eigenvalue weighted by Crippen LogP contribution is 2.34. The monoisotopic (exact) mass is 499 g/mol. The first kappa shape index (κ1) is 26.8. The average molecular weight is 500 g/mol. The fourth-order valence-corrected chi connectivity index (χ4v) is 4.04. The lowest BCUT2D eigenvalue weighted by Gasteiger charge is -2.18. The fourth-order valence-electron chi connectivity index (χ4n) is 4.04. The van der Waals surface area contributed by atoms with Crippen LogP contribution in [0.2, 0.25) is 0 Å². The van der Waals surface area contributed by atoms with Gasteiger partial charge in [0, 0.05) is 18.4 Å². The van der Waals surface area contributed by atoms with Gasteiger partial charge in [-0.05, 0) is 67.2 Å². The zero-order chi connectivity index (χ0) is 26.3. The highest BCUT2D eigenvalue weighted by molar-refractivity contribution is 5.98. The minimum atomic E-state index is -4.68. The SMILES string of the molecule is Cc1cc(OCCc2ccccc2)cc(C)c1C(=O)NC1=CC(CCC(=O)O)=CCC=C1C(F)(F)F. The van der Waals surface area contributed by atoms with Crippen LogP contribution in [0.1, 0.15) is 46.3 Å². The Kier molecular flexibility index (Phi) is 8.74. The molecule has 1 aliphatic rings. The number of benzene rings is 2. The molecule has 2 aromatic carbocycles. The standard InChI is InChI=1S/C28H28F3NO4/c1-18-15-22(36-14-13-20-7-4-3-5-8-20)16-19(2)26(18)27(35)32-24-17-21(11-12-25(33)34)9-6-10-23(24)28(29,30)31/h3-5,7-10,15-17H,6,11-14H2,1-2H3,(H,32,35)(H,33,34). The Labute approximate surface area is 208 Å². The minimum absolute atomic E-state index is 0.0211. The molecule has 2 N–H and O–H groups in total. The number of hydrogen-bond donors (Lipinski definition) is 2. The van der Waals surface area contributed by atoms with Gasteiger partial charge >= 0.3 is 12.1 Å². The van der Waals surface area contributed by atoms with Crippen molar-refractivity contribution in [2.24, 2.45) is 0 Å². The number of ether oxygens (including phenoxy) is 1. The van der Waals surface area contributed by atoms with E-state index in [9.17, 15) is 22.8 Å². The number of halogens is 3. The van der Waals surface area contributed by atoms with E-state index in [1.165, 1.54) is 12.2 Å². The van der Waals surface area contributed by atoms with Crippen LogP contribution in [0.3, 0.4) is 0 Å². The summed E-state index contributed by atoms with van der Waals surface area (Å²) in [5.41, 5.74) is 1.57. The van der Waals surface area contributed by atoms with E-state index >= 15 is 0 Å². The van der Waals surface area contributed by atoms with Gasteiger partial charge in [0.1, 0.15) is 5.75 Å². The van der Waals surface area contributed by atoms with E-state index < -0.39 is 29.3 Å². The van der Waals surface area contributed by atoms with E-state index in [1.54, 1.807) is 26.0 Å². The first-order valence-corrected chi connectivity index (χ1v) is 11.5. The third-order valence-corrected chi connectivity index (χ3v) is 5.74. The third kappa shape index (κ3) is 7.34. The van der Waals surface area contributed by atoms with Crippen molar-refractivity contribution in [2.45, 2.75) is 45.7 Å². The Balaban J connectivity index is 1.78. The highest BCUT2D eigenvalue weighted by atomic mass is 19.4. The molecule has 5 nitrogen and oxygen atoms in total. The molecule has 0 bridgehead atoms. The number of amides is 1. The van der Waals surface area contributed by atoms with Gasteiger partial charge in [0.25, 0.3) is 5.91 Å². The Morgan fingerprint density at radius 3 is 2.31 bits per heavy atom. The molecule has 0 fully saturated rings. The van der Waals surface area contributed by atoms with Crippen LogP contribution in [0, 0.1) is 13.8 Å². The topological polar surface area (TPSA) is 75.6 Å². The van der Waals surface area contributed by atoms with Crippen LogP contribution < -0.4 is 10.1 Å². The van der Waals surface area contributed by atoms with Crippen molar-refractivity contribution in [3.63, 3.8) is 0 Å². The molecule has 2 aromatic rings. The van der Waals surface area contributed by atoms with Crippen LogP contribution >= 0.6 is 0 Å². The summed E-state index contributed by atoms with van der Waals surface area (Å²) in [6.45, 7) is 3.84. The molecule has 0 aromatic heterocycles. The van der Waals surface area contributed by atoms with E-state index in [0.717, 1.165) is 11.6 Å². The number of carboxylic acids is 1. The molecule has 8 heteroatoms. The molecule has 0 heterocycles. The van der Waals surface area contributed by atoms with Crippen LogP contribution in [0.5, 0.6) is 5.75 Å². The zero-order valence-electron chi connectivity index (χ0n) is 20.1. The zero-order valence-corrected chi connectivity index (χ0v) is 20.1. The molecular weight excluding hydrogens is 471 g/mol. The number of nitrogens with one attached hydrogen (secondary N) is 1. The quantitative estimate of drug-likeness (QED) is 0.429. The summed E-state index contributed by atoms with van der Waals surface area (Å²) in [5, 5.41) is 11.4. The molecule has 0 aliphatic heterocycles. The van der Waals surface area contributed by atoms with Crippen molar-refractivity contribution in [2.75, 3.05) is 6.61 Å². The number of rotatable bonds is 9. The van der Waals surface area contributed by atoms with Crippen molar-refractivity contribution < 1.29 is 32.6 Å². The fraction of sp³-hybridized carbons (Fsp3) is 0.286.